The molecule has 0 saturated carbocycles. The van der Waals surface area contributed by atoms with Gasteiger partial charge < -0.3 is 9.72 Å². The number of hydrogen-bond acceptors (Lipinski definition) is 3. The molecule has 2 aromatic rings. The predicted octanol–water partition coefficient (Wildman–Crippen LogP) is 3.63. The third-order valence-electron chi connectivity index (χ3n) is 2.80. The molecule has 0 unspecified atom stereocenters. The van der Waals surface area contributed by atoms with Gasteiger partial charge in [-0.25, -0.2) is 9.18 Å². The van der Waals surface area contributed by atoms with Gasteiger partial charge in [0.05, 0.1) is 16.6 Å². The fraction of sp³-hybridized carbons (Fsp3) is 0.231. The van der Waals surface area contributed by atoms with Crippen LogP contribution in [0.3, 0.4) is 0 Å². The molecule has 1 heterocycles. The number of alkyl halides is 3. The average molecular weight is 382 g/mol. The highest BCUT2D eigenvalue weighted by Gasteiger charge is 2.38. The topological polar surface area (TPSA) is 59.2 Å². The number of carbonyl (C=O) groups excluding carboxylic acids is 1. The zero-order chi connectivity index (χ0) is 16.7. The lowest BCUT2D eigenvalue weighted by atomic mass is 10.1. The molecule has 0 aliphatic heterocycles. The molecule has 0 fully saturated rings. The Bertz CT molecular complexity index is 814. The molecule has 0 spiro atoms. The Morgan fingerprint density at radius 2 is 2.00 bits per heavy atom. The van der Waals surface area contributed by atoms with Gasteiger partial charge in [-0.05, 0) is 28.9 Å². The number of rotatable bonds is 2. The summed E-state index contributed by atoms with van der Waals surface area (Å²) < 4.78 is 57.2. The molecule has 0 aliphatic rings. The van der Waals surface area contributed by atoms with Crippen LogP contribution in [0.1, 0.15) is 23.0 Å². The lowest BCUT2D eigenvalue weighted by molar-refractivity contribution is -0.138. The minimum absolute atomic E-state index is 0.0280. The summed E-state index contributed by atoms with van der Waals surface area (Å²) in [6.45, 7) is 1.47. The zero-order valence-electron chi connectivity index (χ0n) is 11.0. The maximum Gasteiger partial charge on any atom is 0.421 e. The van der Waals surface area contributed by atoms with E-state index in [0.717, 1.165) is 12.1 Å². The third kappa shape index (κ3) is 2.85. The molecule has 0 atom stereocenters. The summed E-state index contributed by atoms with van der Waals surface area (Å²) >= 11 is 2.65. The second-order valence-electron chi connectivity index (χ2n) is 4.24. The fourth-order valence-corrected chi connectivity index (χ4v) is 2.34. The first kappa shape index (κ1) is 16.5. The SMILES string of the molecule is CCOC(=O)c1cc(=O)c2cc(Br)c(F)c(C(F)(F)F)c2[nH]1. The number of pyridine rings is 1. The average Bonchev–Trinajstić information content (AvgIpc) is 2.39. The highest BCUT2D eigenvalue weighted by Crippen LogP contribution is 2.38. The quantitative estimate of drug-likeness (QED) is 0.638. The van der Waals surface area contributed by atoms with Gasteiger partial charge in [-0.2, -0.15) is 13.2 Å². The molecule has 0 radical (unpaired) electrons. The second-order valence-corrected chi connectivity index (χ2v) is 5.09. The molecule has 118 valence electrons. The van der Waals surface area contributed by atoms with Crippen molar-refractivity contribution >= 4 is 32.8 Å². The normalized spacial score (nSPS) is 11.7. The highest BCUT2D eigenvalue weighted by molar-refractivity contribution is 9.10. The maximum atomic E-state index is 13.8. The number of nitrogens with one attached hydrogen (secondary N) is 1. The number of aromatic amines is 1. The lowest BCUT2D eigenvalue weighted by Crippen LogP contribution is -2.17. The van der Waals surface area contributed by atoms with Crippen LogP contribution in [0.2, 0.25) is 0 Å². The standard InChI is InChI=1S/C13H8BrF4NO3/c1-2-22-12(21)7-4-8(20)5-3-6(14)10(15)9(11(5)19-7)13(16,17)18/h3-4H,2H2,1H3,(H,19,20). The van der Waals surface area contributed by atoms with E-state index in [2.05, 4.69) is 25.7 Å². The molecule has 0 amide bonds. The number of ether oxygens (including phenoxy) is 1. The van der Waals surface area contributed by atoms with E-state index in [1.54, 1.807) is 0 Å². The van der Waals surface area contributed by atoms with Crippen LogP contribution in [0.4, 0.5) is 17.6 Å². The summed E-state index contributed by atoms with van der Waals surface area (Å²) in [5, 5.41) is -0.395. The Labute approximate surface area is 129 Å². The Morgan fingerprint density at radius 3 is 2.55 bits per heavy atom. The summed E-state index contributed by atoms with van der Waals surface area (Å²) in [6, 6.07) is 1.73. The van der Waals surface area contributed by atoms with E-state index in [-0.39, 0.29) is 6.61 Å². The van der Waals surface area contributed by atoms with Crippen LogP contribution in [0.25, 0.3) is 10.9 Å². The minimum Gasteiger partial charge on any atom is -0.461 e. The summed E-state index contributed by atoms with van der Waals surface area (Å²) in [7, 11) is 0. The van der Waals surface area contributed by atoms with Crippen molar-refractivity contribution in [2.45, 2.75) is 13.1 Å². The van der Waals surface area contributed by atoms with Gasteiger partial charge in [-0.3, -0.25) is 4.79 Å². The molecular weight excluding hydrogens is 374 g/mol. The Hall–Kier alpha value is -1.90. The van der Waals surface area contributed by atoms with Crippen molar-refractivity contribution in [2.75, 3.05) is 6.61 Å². The Balaban J connectivity index is 2.89. The largest absolute Gasteiger partial charge is 0.461 e. The highest BCUT2D eigenvalue weighted by atomic mass is 79.9. The van der Waals surface area contributed by atoms with Crippen molar-refractivity contribution in [3.05, 3.63) is 43.9 Å². The summed E-state index contributed by atoms with van der Waals surface area (Å²) in [5.41, 5.74) is -3.79. The van der Waals surface area contributed by atoms with Crippen molar-refractivity contribution in [1.29, 1.82) is 0 Å². The van der Waals surface area contributed by atoms with Crippen LogP contribution in [-0.4, -0.2) is 17.6 Å². The van der Waals surface area contributed by atoms with Gasteiger partial charge >= 0.3 is 12.1 Å². The molecule has 0 bridgehead atoms. The second kappa shape index (κ2) is 5.71. The molecule has 1 aromatic heterocycles. The summed E-state index contributed by atoms with van der Waals surface area (Å²) in [4.78, 5) is 25.6. The maximum absolute atomic E-state index is 13.8. The van der Waals surface area contributed by atoms with Gasteiger partial charge in [0.25, 0.3) is 0 Å². The van der Waals surface area contributed by atoms with Gasteiger partial charge in [0.15, 0.2) is 11.2 Å². The molecule has 0 saturated heterocycles. The number of aromatic nitrogens is 1. The number of fused-ring (bicyclic) bond motifs is 1. The number of carbonyl (C=O) groups is 1. The smallest absolute Gasteiger partial charge is 0.421 e. The number of benzene rings is 1. The van der Waals surface area contributed by atoms with Crippen LogP contribution in [0.5, 0.6) is 0 Å². The first-order chi connectivity index (χ1) is 10.2. The number of halogens is 5. The van der Waals surface area contributed by atoms with E-state index in [4.69, 9.17) is 0 Å². The predicted molar refractivity (Wildman–Crippen MR) is 73.2 cm³/mol. The van der Waals surface area contributed by atoms with Crippen LogP contribution in [-0.2, 0) is 10.9 Å². The van der Waals surface area contributed by atoms with Gasteiger partial charge in [0.2, 0.25) is 0 Å². The molecule has 1 aromatic carbocycles. The molecule has 22 heavy (non-hydrogen) atoms. The zero-order valence-corrected chi connectivity index (χ0v) is 12.6. The third-order valence-corrected chi connectivity index (χ3v) is 3.38. The van der Waals surface area contributed by atoms with Gasteiger partial charge in [0, 0.05) is 11.5 Å². The molecule has 2 rings (SSSR count). The Kier molecular flexibility index (Phi) is 4.28. The van der Waals surface area contributed by atoms with Crippen LogP contribution in [0, 0.1) is 5.82 Å². The van der Waals surface area contributed by atoms with E-state index >= 15 is 0 Å². The van der Waals surface area contributed by atoms with E-state index in [0.29, 0.717) is 0 Å². The first-order valence-electron chi connectivity index (χ1n) is 5.96. The molecular formula is C13H8BrF4NO3. The van der Waals surface area contributed by atoms with Crippen LogP contribution >= 0.6 is 15.9 Å². The number of hydrogen-bond donors (Lipinski definition) is 1. The molecule has 9 heteroatoms. The number of esters is 1. The fourth-order valence-electron chi connectivity index (χ4n) is 1.91. The number of H-pyrrole nitrogens is 1. The van der Waals surface area contributed by atoms with Crippen molar-refractivity contribution in [3.8, 4) is 0 Å². The van der Waals surface area contributed by atoms with Crippen molar-refractivity contribution in [2.24, 2.45) is 0 Å². The van der Waals surface area contributed by atoms with Gasteiger partial charge in [-0.15, -0.1) is 0 Å². The summed E-state index contributed by atoms with van der Waals surface area (Å²) in [6.07, 6.45) is -5.05. The van der Waals surface area contributed by atoms with Crippen molar-refractivity contribution < 1.29 is 27.1 Å². The van der Waals surface area contributed by atoms with E-state index in [9.17, 15) is 27.2 Å². The molecule has 1 N–H and O–H groups in total. The first-order valence-corrected chi connectivity index (χ1v) is 6.75. The molecule has 4 nitrogen and oxygen atoms in total. The Morgan fingerprint density at radius 1 is 1.36 bits per heavy atom. The van der Waals surface area contributed by atoms with Gasteiger partial charge in [-0.1, -0.05) is 0 Å². The summed E-state index contributed by atoms with van der Waals surface area (Å²) in [5.74, 6) is -2.57. The van der Waals surface area contributed by atoms with E-state index in [1.165, 1.54) is 6.92 Å². The van der Waals surface area contributed by atoms with Crippen molar-refractivity contribution in [1.82, 2.24) is 4.98 Å². The monoisotopic (exact) mass is 381 g/mol. The lowest BCUT2D eigenvalue weighted by Gasteiger charge is -2.13. The van der Waals surface area contributed by atoms with E-state index < -0.39 is 50.0 Å². The van der Waals surface area contributed by atoms with Crippen LogP contribution in [0.15, 0.2) is 21.4 Å². The van der Waals surface area contributed by atoms with Crippen molar-refractivity contribution in [3.63, 3.8) is 0 Å². The van der Waals surface area contributed by atoms with E-state index in [1.807, 2.05) is 0 Å². The minimum atomic E-state index is -5.05. The van der Waals surface area contributed by atoms with Crippen LogP contribution < -0.4 is 5.43 Å². The molecule has 0 aliphatic carbocycles. The van der Waals surface area contributed by atoms with Gasteiger partial charge in [0.1, 0.15) is 11.3 Å².